The molecule has 26 heavy (non-hydrogen) atoms. The number of carbonyl (C=O) groups is 1. The molecule has 0 radical (unpaired) electrons. The normalized spacial score (nSPS) is 15.8. The van der Waals surface area contributed by atoms with Crippen molar-refractivity contribution in [1.29, 1.82) is 0 Å². The Balaban J connectivity index is 1.52. The third kappa shape index (κ3) is 3.54. The predicted octanol–water partition coefficient (Wildman–Crippen LogP) is 3.85. The van der Waals surface area contributed by atoms with Gasteiger partial charge in [-0.05, 0) is 78.3 Å². The highest BCUT2D eigenvalue weighted by atomic mass is 32.2. The monoisotopic (exact) mass is 388 g/mol. The van der Waals surface area contributed by atoms with E-state index in [2.05, 4.69) is 16.1 Å². The van der Waals surface area contributed by atoms with Crippen LogP contribution in [-0.2, 0) is 35.7 Å². The van der Waals surface area contributed by atoms with Crippen LogP contribution in [-0.4, -0.2) is 14.4 Å². The number of anilines is 1. The van der Waals surface area contributed by atoms with Gasteiger partial charge in [0.05, 0.1) is 5.41 Å². The zero-order valence-corrected chi connectivity index (χ0v) is 15.9. The number of hydrogen-bond donors (Lipinski definition) is 2. The maximum absolute atomic E-state index is 12.4. The number of benzene rings is 1. The molecule has 0 fully saturated rings. The zero-order valence-electron chi connectivity index (χ0n) is 14.2. The fraction of sp³-hybridized carbons (Fsp3) is 0.316. The van der Waals surface area contributed by atoms with Crippen molar-refractivity contribution in [3.05, 3.63) is 56.1 Å². The number of nitrogens with one attached hydrogen (secondary N) is 2. The summed E-state index contributed by atoms with van der Waals surface area (Å²) in [6.45, 7) is 0. The molecule has 4 rings (SSSR count). The number of fused-ring (bicyclic) bond motifs is 2. The Hall–Kier alpha value is -2.12. The van der Waals surface area contributed by atoms with Crippen molar-refractivity contribution in [2.24, 2.45) is 0 Å². The maximum atomic E-state index is 12.4. The first-order valence-corrected chi connectivity index (χ1v) is 11.2. The topological polar surface area (TPSA) is 75.3 Å². The molecule has 2 aliphatic rings. The van der Waals surface area contributed by atoms with Crippen LogP contribution in [0.2, 0.25) is 0 Å². The molecule has 0 bridgehead atoms. The van der Waals surface area contributed by atoms with E-state index in [0.717, 1.165) is 54.5 Å². The van der Waals surface area contributed by atoms with Crippen LogP contribution in [0.15, 0.2) is 29.0 Å². The highest BCUT2D eigenvalue weighted by Gasteiger charge is 2.25. The Morgan fingerprint density at radius 2 is 1.77 bits per heavy atom. The van der Waals surface area contributed by atoms with Gasteiger partial charge in [-0.3, -0.25) is 0 Å². The van der Waals surface area contributed by atoms with Crippen LogP contribution in [0.5, 0.6) is 0 Å². The fourth-order valence-corrected chi connectivity index (χ4v) is 5.22. The summed E-state index contributed by atoms with van der Waals surface area (Å²) in [6, 6.07) is 5.23. The van der Waals surface area contributed by atoms with Crippen LogP contribution < -0.4 is 10.0 Å². The molecule has 1 aromatic carbocycles. The number of amides is 2. The number of carbonyl (C=O) groups excluding carboxylic acids is 1. The third-order valence-corrected chi connectivity index (χ3v) is 6.70. The SMILES string of the molecule is O=C(Nc1c2c(cc3c1CCC3)CCC2)NS(=O)(=O)/C=C/c1cccs1. The van der Waals surface area contributed by atoms with Crippen LogP contribution in [0.1, 0.15) is 40.0 Å². The summed E-state index contributed by atoms with van der Waals surface area (Å²) in [5, 5.41) is 5.72. The first-order valence-electron chi connectivity index (χ1n) is 8.74. The molecule has 0 saturated carbocycles. The average molecular weight is 389 g/mol. The van der Waals surface area contributed by atoms with Crippen molar-refractivity contribution in [3.63, 3.8) is 0 Å². The third-order valence-electron chi connectivity index (χ3n) is 4.90. The molecular formula is C19H20N2O3S2. The Labute approximate surface area is 157 Å². The summed E-state index contributed by atoms with van der Waals surface area (Å²) >= 11 is 1.43. The first kappa shape index (κ1) is 17.3. The summed E-state index contributed by atoms with van der Waals surface area (Å²) < 4.78 is 26.4. The van der Waals surface area contributed by atoms with Crippen molar-refractivity contribution in [2.75, 3.05) is 5.32 Å². The van der Waals surface area contributed by atoms with Crippen LogP contribution >= 0.6 is 11.3 Å². The molecule has 0 aliphatic heterocycles. The molecule has 0 atom stereocenters. The number of rotatable bonds is 4. The highest BCUT2D eigenvalue weighted by Crippen LogP contribution is 2.38. The van der Waals surface area contributed by atoms with E-state index >= 15 is 0 Å². The van der Waals surface area contributed by atoms with E-state index in [1.165, 1.54) is 39.7 Å². The second-order valence-electron chi connectivity index (χ2n) is 6.65. The Morgan fingerprint density at radius 3 is 2.38 bits per heavy atom. The summed E-state index contributed by atoms with van der Waals surface area (Å²) in [4.78, 5) is 13.2. The molecule has 1 heterocycles. The van der Waals surface area contributed by atoms with Gasteiger partial charge >= 0.3 is 6.03 Å². The second kappa shape index (κ2) is 6.89. The number of sulfonamides is 1. The lowest BCUT2D eigenvalue weighted by molar-refractivity contribution is 0.256. The van der Waals surface area contributed by atoms with Gasteiger partial charge in [0.2, 0.25) is 0 Å². The quantitative estimate of drug-likeness (QED) is 0.835. The molecule has 0 spiro atoms. The van der Waals surface area contributed by atoms with E-state index in [0.29, 0.717) is 0 Å². The molecule has 7 heteroatoms. The van der Waals surface area contributed by atoms with Gasteiger partial charge in [-0.1, -0.05) is 12.1 Å². The Morgan fingerprint density at radius 1 is 1.08 bits per heavy atom. The number of thiophene rings is 1. The average Bonchev–Trinajstić information content (AvgIpc) is 3.33. The Bertz CT molecular complexity index is 944. The summed E-state index contributed by atoms with van der Waals surface area (Å²) in [5.74, 6) is 0. The van der Waals surface area contributed by atoms with Gasteiger partial charge in [0.25, 0.3) is 10.0 Å². The second-order valence-corrected chi connectivity index (χ2v) is 9.20. The van der Waals surface area contributed by atoms with Gasteiger partial charge in [-0.15, -0.1) is 11.3 Å². The van der Waals surface area contributed by atoms with E-state index in [4.69, 9.17) is 0 Å². The van der Waals surface area contributed by atoms with Gasteiger partial charge in [-0.2, -0.15) is 0 Å². The van der Waals surface area contributed by atoms with Gasteiger partial charge in [-0.25, -0.2) is 17.9 Å². The van der Waals surface area contributed by atoms with Crippen molar-refractivity contribution in [2.45, 2.75) is 38.5 Å². The van der Waals surface area contributed by atoms with Crippen LogP contribution in [0.25, 0.3) is 6.08 Å². The lowest BCUT2D eigenvalue weighted by Crippen LogP contribution is -2.33. The molecular weight excluding hydrogens is 368 g/mol. The molecule has 2 aromatic rings. The number of hydrogen-bond acceptors (Lipinski definition) is 4. The van der Waals surface area contributed by atoms with Gasteiger partial charge in [0.15, 0.2) is 0 Å². The summed E-state index contributed by atoms with van der Waals surface area (Å²) in [6.07, 6.45) is 7.57. The molecule has 2 amide bonds. The van der Waals surface area contributed by atoms with Gasteiger partial charge < -0.3 is 5.32 Å². The van der Waals surface area contributed by atoms with Crippen molar-refractivity contribution >= 4 is 39.2 Å². The highest BCUT2D eigenvalue weighted by molar-refractivity contribution is 7.93. The number of urea groups is 1. The molecule has 2 aliphatic carbocycles. The minimum absolute atomic E-state index is 0.699. The van der Waals surface area contributed by atoms with E-state index in [1.54, 1.807) is 0 Å². The molecule has 136 valence electrons. The van der Waals surface area contributed by atoms with E-state index in [1.807, 2.05) is 17.5 Å². The predicted molar refractivity (Wildman–Crippen MR) is 105 cm³/mol. The van der Waals surface area contributed by atoms with Crippen LogP contribution in [0.3, 0.4) is 0 Å². The minimum Gasteiger partial charge on any atom is -0.307 e. The van der Waals surface area contributed by atoms with Crippen molar-refractivity contribution < 1.29 is 13.2 Å². The van der Waals surface area contributed by atoms with E-state index in [-0.39, 0.29) is 0 Å². The van der Waals surface area contributed by atoms with Gasteiger partial charge in [0, 0.05) is 10.6 Å². The van der Waals surface area contributed by atoms with Crippen molar-refractivity contribution in [1.82, 2.24) is 4.72 Å². The maximum Gasteiger partial charge on any atom is 0.333 e. The molecule has 1 aromatic heterocycles. The van der Waals surface area contributed by atoms with Crippen molar-refractivity contribution in [3.8, 4) is 0 Å². The number of aryl methyl sites for hydroxylation is 2. The molecule has 0 saturated heterocycles. The van der Waals surface area contributed by atoms with Gasteiger partial charge in [0.1, 0.15) is 0 Å². The first-order chi connectivity index (χ1) is 12.5. The fourth-order valence-electron chi connectivity index (χ4n) is 3.81. The standard InChI is InChI=1S/C19H20N2O3S2/c22-19(21-26(23,24)11-9-15-6-3-10-25-15)20-18-16-7-1-4-13(16)12-14-5-2-8-17(14)18/h3,6,9-12H,1-2,4-5,7-8H2,(H2,20,21,22)/b11-9+. The lowest BCUT2D eigenvalue weighted by Gasteiger charge is -2.16. The summed E-state index contributed by atoms with van der Waals surface area (Å²) in [5.41, 5.74) is 5.77. The molecule has 0 unspecified atom stereocenters. The molecule has 2 N–H and O–H groups in total. The minimum atomic E-state index is -3.84. The largest absolute Gasteiger partial charge is 0.333 e. The Kier molecular flexibility index (Phi) is 4.58. The smallest absolute Gasteiger partial charge is 0.307 e. The van der Waals surface area contributed by atoms with Crippen LogP contribution in [0, 0.1) is 0 Å². The zero-order chi connectivity index (χ0) is 18.1. The van der Waals surface area contributed by atoms with Crippen LogP contribution in [0.4, 0.5) is 10.5 Å². The lowest BCUT2D eigenvalue weighted by atomic mass is 9.99. The molecule has 5 nitrogen and oxygen atoms in total. The van der Waals surface area contributed by atoms with E-state index < -0.39 is 16.1 Å². The van der Waals surface area contributed by atoms with E-state index in [9.17, 15) is 13.2 Å². The summed E-state index contributed by atoms with van der Waals surface area (Å²) in [7, 11) is -3.84.